The van der Waals surface area contributed by atoms with Crippen molar-refractivity contribution >= 4 is 5.69 Å². The lowest BCUT2D eigenvalue weighted by molar-refractivity contribution is 1.19. The lowest BCUT2D eigenvalue weighted by atomic mass is 10.3. The normalized spacial score (nSPS) is 9.73. The number of H-pyrrole nitrogens is 1. The van der Waals surface area contributed by atoms with Crippen molar-refractivity contribution in [2.45, 2.75) is 20.8 Å². The number of aryl methyl sites for hydroxylation is 2. The molecular formula is C9H14N2. The molecule has 0 amide bonds. The molecule has 0 radical (unpaired) electrons. The summed E-state index contributed by atoms with van der Waals surface area (Å²) in [5, 5.41) is 3.17. The molecule has 1 aromatic heterocycles. The van der Waals surface area contributed by atoms with Crippen LogP contribution in [0.25, 0.3) is 0 Å². The summed E-state index contributed by atoms with van der Waals surface area (Å²) in [6.07, 6.45) is 0. The van der Waals surface area contributed by atoms with E-state index in [9.17, 15) is 0 Å². The SMILES string of the molecule is C=C(C)Nc1cc(C)[nH]c1C. The monoisotopic (exact) mass is 150 g/mol. The van der Waals surface area contributed by atoms with Crippen molar-refractivity contribution in [1.82, 2.24) is 4.98 Å². The van der Waals surface area contributed by atoms with Crippen molar-refractivity contribution in [3.05, 3.63) is 29.7 Å². The molecule has 0 atom stereocenters. The Labute approximate surface area is 67.3 Å². The third-order valence-corrected chi connectivity index (χ3v) is 1.50. The molecule has 0 saturated carbocycles. The fourth-order valence-electron chi connectivity index (χ4n) is 1.08. The first-order valence-electron chi connectivity index (χ1n) is 3.68. The smallest absolute Gasteiger partial charge is 0.0592 e. The maximum Gasteiger partial charge on any atom is 0.0592 e. The van der Waals surface area contributed by atoms with Crippen LogP contribution < -0.4 is 5.32 Å². The first-order valence-corrected chi connectivity index (χ1v) is 3.68. The van der Waals surface area contributed by atoms with E-state index in [1.807, 2.05) is 20.8 Å². The molecular weight excluding hydrogens is 136 g/mol. The predicted molar refractivity (Wildman–Crippen MR) is 48.7 cm³/mol. The Morgan fingerprint density at radius 3 is 2.55 bits per heavy atom. The van der Waals surface area contributed by atoms with E-state index in [4.69, 9.17) is 0 Å². The molecule has 11 heavy (non-hydrogen) atoms. The topological polar surface area (TPSA) is 27.8 Å². The lowest BCUT2D eigenvalue weighted by Crippen LogP contribution is -1.93. The van der Waals surface area contributed by atoms with Crippen LogP contribution in [0.1, 0.15) is 18.3 Å². The summed E-state index contributed by atoms with van der Waals surface area (Å²) >= 11 is 0. The van der Waals surface area contributed by atoms with Gasteiger partial charge in [-0.05, 0) is 26.8 Å². The van der Waals surface area contributed by atoms with E-state index >= 15 is 0 Å². The van der Waals surface area contributed by atoms with Crippen molar-refractivity contribution in [3.63, 3.8) is 0 Å². The second-order valence-corrected chi connectivity index (χ2v) is 2.90. The molecule has 2 heteroatoms. The minimum Gasteiger partial charge on any atom is -0.361 e. The van der Waals surface area contributed by atoms with Gasteiger partial charge in [0.2, 0.25) is 0 Å². The molecule has 0 aliphatic rings. The summed E-state index contributed by atoms with van der Waals surface area (Å²) in [5.41, 5.74) is 4.42. The van der Waals surface area contributed by atoms with Crippen LogP contribution >= 0.6 is 0 Å². The van der Waals surface area contributed by atoms with Crippen molar-refractivity contribution in [3.8, 4) is 0 Å². The largest absolute Gasteiger partial charge is 0.361 e. The first kappa shape index (κ1) is 7.92. The third kappa shape index (κ3) is 1.87. The zero-order valence-electron chi connectivity index (χ0n) is 7.28. The van der Waals surface area contributed by atoms with Gasteiger partial charge in [-0.3, -0.25) is 0 Å². The van der Waals surface area contributed by atoms with Crippen molar-refractivity contribution in [1.29, 1.82) is 0 Å². The molecule has 0 unspecified atom stereocenters. The fourth-order valence-corrected chi connectivity index (χ4v) is 1.08. The molecule has 0 aliphatic heterocycles. The molecule has 0 bridgehead atoms. The maximum atomic E-state index is 3.78. The summed E-state index contributed by atoms with van der Waals surface area (Å²) in [5.74, 6) is 0. The van der Waals surface area contributed by atoms with E-state index in [0.717, 1.165) is 17.1 Å². The van der Waals surface area contributed by atoms with Crippen molar-refractivity contribution in [2.75, 3.05) is 5.32 Å². The predicted octanol–water partition coefficient (Wildman–Crippen LogP) is 2.58. The van der Waals surface area contributed by atoms with Gasteiger partial charge in [-0.1, -0.05) is 6.58 Å². The van der Waals surface area contributed by atoms with Gasteiger partial charge in [0.05, 0.1) is 5.69 Å². The summed E-state index contributed by atoms with van der Waals surface area (Å²) < 4.78 is 0. The molecule has 1 heterocycles. The lowest BCUT2D eigenvalue weighted by Gasteiger charge is -2.01. The van der Waals surface area contributed by atoms with Gasteiger partial charge in [0.15, 0.2) is 0 Å². The van der Waals surface area contributed by atoms with Gasteiger partial charge < -0.3 is 10.3 Å². The van der Waals surface area contributed by atoms with Gasteiger partial charge >= 0.3 is 0 Å². The average molecular weight is 150 g/mol. The maximum absolute atomic E-state index is 3.78. The Morgan fingerprint density at radius 1 is 1.55 bits per heavy atom. The third-order valence-electron chi connectivity index (χ3n) is 1.50. The number of hydrogen-bond acceptors (Lipinski definition) is 1. The zero-order valence-corrected chi connectivity index (χ0v) is 7.28. The number of aromatic amines is 1. The number of aromatic nitrogens is 1. The summed E-state index contributed by atoms with van der Waals surface area (Å²) in [7, 11) is 0. The number of anilines is 1. The molecule has 0 aromatic carbocycles. The van der Waals surface area contributed by atoms with Crippen molar-refractivity contribution < 1.29 is 0 Å². The van der Waals surface area contributed by atoms with Crippen LogP contribution in [0.5, 0.6) is 0 Å². The van der Waals surface area contributed by atoms with Gasteiger partial charge in [-0.15, -0.1) is 0 Å². The Balaban J connectivity index is 2.85. The summed E-state index contributed by atoms with van der Waals surface area (Å²) in [6, 6.07) is 2.07. The highest BCUT2D eigenvalue weighted by molar-refractivity contribution is 5.53. The van der Waals surface area contributed by atoms with Crippen LogP contribution in [0.4, 0.5) is 5.69 Å². The van der Waals surface area contributed by atoms with Crippen LogP contribution in [0.3, 0.4) is 0 Å². The molecule has 1 aromatic rings. The summed E-state index contributed by atoms with van der Waals surface area (Å²) in [6.45, 7) is 9.80. The molecule has 0 aliphatic carbocycles. The zero-order chi connectivity index (χ0) is 8.43. The van der Waals surface area contributed by atoms with Gasteiger partial charge in [0, 0.05) is 17.1 Å². The average Bonchev–Trinajstić information content (AvgIpc) is 2.09. The van der Waals surface area contributed by atoms with E-state index < -0.39 is 0 Å². The number of hydrogen-bond donors (Lipinski definition) is 2. The van der Waals surface area contributed by atoms with Crippen molar-refractivity contribution in [2.24, 2.45) is 0 Å². The molecule has 0 spiro atoms. The van der Waals surface area contributed by atoms with Gasteiger partial charge in [-0.2, -0.15) is 0 Å². The standard InChI is InChI=1S/C9H14N2/c1-6(2)10-9-5-7(3)11-8(9)4/h5,10-11H,1H2,2-4H3. The Morgan fingerprint density at radius 2 is 2.18 bits per heavy atom. The Hall–Kier alpha value is -1.18. The molecule has 0 fully saturated rings. The second kappa shape index (κ2) is 2.82. The molecule has 60 valence electrons. The van der Waals surface area contributed by atoms with Gasteiger partial charge in [0.1, 0.15) is 0 Å². The van der Waals surface area contributed by atoms with Crippen LogP contribution in [0.2, 0.25) is 0 Å². The van der Waals surface area contributed by atoms with E-state index in [2.05, 4.69) is 22.9 Å². The number of rotatable bonds is 2. The Kier molecular flexibility index (Phi) is 2.03. The summed E-state index contributed by atoms with van der Waals surface area (Å²) in [4.78, 5) is 3.21. The first-order chi connectivity index (χ1) is 5.09. The number of allylic oxidation sites excluding steroid dienone is 1. The Bertz CT molecular complexity index is 271. The van der Waals surface area contributed by atoms with E-state index in [-0.39, 0.29) is 0 Å². The molecule has 2 nitrogen and oxygen atoms in total. The molecule has 1 rings (SSSR count). The highest BCUT2D eigenvalue weighted by Gasteiger charge is 1.99. The van der Waals surface area contributed by atoms with Gasteiger partial charge in [0.25, 0.3) is 0 Å². The van der Waals surface area contributed by atoms with E-state index in [0.29, 0.717) is 0 Å². The second-order valence-electron chi connectivity index (χ2n) is 2.90. The van der Waals surface area contributed by atoms with Crippen LogP contribution in [-0.2, 0) is 0 Å². The quantitative estimate of drug-likeness (QED) is 0.666. The highest BCUT2D eigenvalue weighted by Crippen LogP contribution is 2.16. The van der Waals surface area contributed by atoms with Crippen LogP contribution in [0, 0.1) is 13.8 Å². The fraction of sp³-hybridized carbons (Fsp3) is 0.333. The van der Waals surface area contributed by atoms with Crippen LogP contribution in [0.15, 0.2) is 18.3 Å². The number of nitrogens with one attached hydrogen (secondary N) is 2. The highest BCUT2D eigenvalue weighted by atomic mass is 14.9. The minimum atomic E-state index is 0.965. The van der Waals surface area contributed by atoms with Crippen LogP contribution in [-0.4, -0.2) is 4.98 Å². The molecule has 2 N–H and O–H groups in total. The van der Waals surface area contributed by atoms with Gasteiger partial charge in [-0.25, -0.2) is 0 Å². The van der Waals surface area contributed by atoms with E-state index in [1.54, 1.807) is 0 Å². The molecule has 0 saturated heterocycles. The van der Waals surface area contributed by atoms with E-state index in [1.165, 1.54) is 5.69 Å². The minimum absolute atomic E-state index is 0.965.